The van der Waals surface area contributed by atoms with Crippen molar-refractivity contribution >= 4 is 6.03 Å². The van der Waals surface area contributed by atoms with Gasteiger partial charge in [0.25, 0.3) is 0 Å². The smallest absolute Gasteiger partial charge is 0.317 e. The van der Waals surface area contributed by atoms with Gasteiger partial charge in [0, 0.05) is 19.6 Å². The van der Waals surface area contributed by atoms with Crippen LogP contribution in [-0.4, -0.2) is 54.0 Å². The average molecular weight is 190 g/mol. The molecule has 0 heterocycles. The van der Waals surface area contributed by atoms with E-state index < -0.39 is 0 Å². The van der Waals surface area contributed by atoms with Crippen molar-refractivity contribution in [1.82, 2.24) is 10.2 Å². The number of hydrogen-bond acceptors (Lipinski definition) is 3. The molecule has 0 aliphatic rings. The van der Waals surface area contributed by atoms with Crippen molar-refractivity contribution in [2.45, 2.75) is 13.3 Å². The zero-order valence-corrected chi connectivity index (χ0v) is 7.99. The van der Waals surface area contributed by atoms with Crippen LogP contribution >= 0.6 is 0 Å². The van der Waals surface area contributed by atoms with Crippen LogP contribution in [0.1, 0.15) is 13.3 Å². The lowest BCUT2D eigenvalue weighted by atomic mass is 10.4. The Morgan fingerprint density at radius 2 is 1.85 bits per heavy atom. The lowest BCUT2D eigenvalue weighted by molar-refractivity contribution is 0.158. The number of aliphatic hydroxyl groups excluding tert-OH is 2. The highest BCUT2D eigenvalue weighted by atomic mass is 16.3. The molecule has 0 saturated carbocycles. The van der Waals surface area contributed by atoms with Gasteiger partial charge in [-0.1, -0.05) is 6.92 Å². The Balaban J connectivity index is 3.80. The van der Waals surface area contributed by atoms with E-state index in [1.807, 2.05) is 6.92 Å². The summed E-state index contributed by atoms with van der Waals surface area (Å²) in [7, 11) is 0. The molecule has 5 heteroatoms. The first-order valence-electron chi connectivity index (χ1n) is 4.50. The van der Waals surface area contributed by atoms with E-state index in [1.54, 1.807) is 0 Å². The van der Waals surface area contributed by atoms with Gasteiger partial charge in [-0.2, -0.15) is 0 Å². The first kappa shape index (κ1) is 12.2. The molecule has 0 atom stereocenters. The van der Waals surface area contributed by atoms with Gasteiger partial charge >= 0.3 is 6.03 Å². The quantitative estimate of drug-likeness (QED) is 0.523. The topological polar surface area (TPSA) is 72.8 Å². The number of amides is 2. The second-order valence-corrected chi connectivity index (χ2v) is 2.67. The van der Waals surface area contributed by atoms with Gasteiger partial charge in [0.1, 0.15) is 0 Å². The second kappa shape index (κ2) is 7.82. The Morgan fingerprint density at radius 3 is 2.23 bits per heavy atom. The Bertz CT molecular complexity index is 135. The maximum Gasteiger partial charge on any atom is 0.317 e. The summed E-state index contributed by atoms with van der Waals surface area (Å²) in [6.07, 6.45) is 0.873. The number of urea groups is 1. The van der Waals surface area contributed by atoms with E-state index in [4.69, 9.17) is 10.2 Å². The maximum atomic E-state index is 11.3. The molecule has 0 aromatic heterocycles. The van der Waals surface area contributed by atoms with Gasteiger partial charge in [-0.25, -0.2) is 4.79 Å². The molecule has 0 saturated heterocycles. The fourth-order valence-corrected chi connectivity index (χ4v) is 0.900. The lowest BCUT2D eigenvalue weighted by Crippen LogP contribution is -2.43. The predicted octanol–water partition coefficient (Wildman–Crippen LogP) is -0.607. The van der Waals surface area contributed by atoms with Crippen LogP contribution in [0.5, 0.6) is 0 Å². The molecule has 0 aromatic rings. The monoisotopic (exact) mass is 190 g/mol. The van der Waals surface area contributed by atoms with E-state index in [0.29, 0.717) is 6.54 Å². The normalized spacial score (nSPS) is 9.77. The summed E-state index contributed by atoms with van der Waals surface area (Å²) < 4.78 is 0. The van der Waals surface area contributed by atoms with Crippen molar-refractivity contribution < 1.29 is 15.0 Å². The Morgan fingerprint density at radius 1 is 1.31 bits per heavy atom. The number of aliphatic hydroxyl groups is 2. The fraction of sp³-hybridized carbons (Fsp3) is 0.875. The highest BCUT2D eigenvalue weighted by Gasteiger charge is 2.10. The molecule has 0 aliphatic heterocycles. The second-order valence-electron chi connectivity index (χ2n) is 2.67. The zero-order valence-electron chi connectivity index (χ0n) is 7.99. The highest BCUT2D eigenvalue weighted by molar-refractivity contribution is 5.74. The Kier molecular flexibility index (Phi) is 7.33. The molecule has 0 bridgehead atoms. The van der Waals surface area contributed by atoms with Gasteiger partial charge in [0.05, 0.1) is 13.2 Å². The van der Waals surface area contributed by atoms with Crippen molar-refractivity contribution in [1.29, 1.82) is 0 Å². The Labute approximate surface area is 78.4 Å². The van der Waals surface area contributed by atoms with Crippen LogP contribution in [0.15, 0.2) is 0 Å². The third-order valence-corrected chi connectivity index (χ3v) is 1.55. The van der Waals surface area contributed by atoms with Crippen molar-refractivity contribution in [3.63, 3.8) is 0 Å². The summed E-state index contributed by atoms with van der Waals surface area (Å²) in [6.45, 7) is 2.93. The fourth-order valence-electron chi connectivity index (χ4n) is 0.900. The molecular formula is C8H18N2O3. The van der Waals surface area contributed by atoms with Gasteiger partial charge < -0.3 is 20.4 Å². The van der Waals surface area contributed by atoms with Crippen molar-refractivity contribution in [2.75, 3.05) is 32.8 Å². The van der Waals surface area contributed by atoms with Gasteiger partial charge in [-0.3, -0.25) is 0 Å². The van der Waals surface area contributed by atoms with Crippen LogP contribution in [0, 0.1) is 0 Å². The van der Waals surface area contributed by atoms with E-state index in [-0.39, 0.29) is 32.3 Å². The molecule has 0 radical (unpaired) electrons. The summed E-state index contributed by atoms with van der Waals surface area (Å²) in [6, 6.07) is -0.232. The number of carbonyl (C=O) groups is 1. The molecule has 0 unspecified atom stereocenters. The number of nitrogens with zero attached hydrogens (tertiary/aromatic N) is 1. The minimum atomic E-state index is -0.232. The SMILES string of the molecule is CCCNC(=O)N(CCO)CCO. The van der Waals surface area contributed by atoms with Gasteiger partial charge in [-0.15, -0.1) is 0 Å². The molecule has 78 valence electrons. The van der Waals surface area contributed by atoms with Crippen molar-refractivity contribution in [3.8, 4) is 0 Å². The zero-order chi connectivity index (χ0) is 10.1. The summed E-state index contributed by atoms with van der Waals surface area (Å²) in [5, 5.41) is 19.9. The standard InChI is InChI=1S/C8H18N2O3/c1-2-3-9-8(13)10(4-6-11)5-7-12/h11-12H,2-7H2,1H3,(H,9,13). The van der Waals surface area contributed by atoms with Crippen molar-refractivity contribution in [2.24, 2.45) is 0 Å². The number of nitrogens with one attached hydrogen (secondary N) is 1. The van der Waals surface area contributed by atoms with E-state index in [0.717, 1.165) is 6.42 Å². The molecule has 3 N–H and O–H groups in total. The van der Waals surface area contributed by atoms with Crippen LogP contribution in [0.25, 0.3) is 0 Å². The predicted molar refractivity (Wildman–Crippen MR) is 49.4 cm³/mol. The van der Waals surface area contributed by atoms with E-state index in [2.05, 4.69) is 5.32 Å². The minimum absolute atomic E-state index is 0.0838. The van der Waals surface area contributed by atoms with Crippen LogP contribution in [0.2, 0.25) is 0 Å². The van der Waals surface area contributed by atoms with Crippen LogP contribution in [0.3, 0.4) is 0 Å². The van der Waals surface area contributed by atoms with Gasteiger partial charge in [0.2, 0.25) is 0 Å². The maximum absolute atomic E-state index is 11.3. The van der Waals surface area contributed by atoms with Crippen molar-refractivity contribution in [3.05, 3.63) is 0 Å². The number of hydrogen-bond donors (Lipinski definition) is 3. The number of carbonyl (C=O) groups excluding carboxylic acids is 1. The largest absolute Gasteiger partial charge is 0.395 e. The summed E-state index contributed by atoms with van der Waals surface area (Å²) in [5.74, 6) is 0. The molecule has 0 aliphatic carbocycles. The van der Waals surface area contributed by atoms with Crippen LogP contribution < -0.4 is 5.32 Å². The average Bonchev–Trinajstić information content (AvgIpc) is 2.14. The summed E-state index contributed by atoms with van der Waals surface area (Å²) >= 11 is 0. The van der Waals surface area contributed by atoms with E-state index in [1.165, 1.54) is 4.90 Å². The molecule has 0 aromatic carbocycles. The molecule has 2 amide bonds. The Hall–Kier alpha value is -0.810. The van der Waals surface area contributed by atoms with Gasteiger partial charge in [-0.05, 0) is 6.42 Å². The first-order valence-corrected chi connectivity index (χ1v) is 4.50. The highest BCUT2D eigenvalue weighted by Crippen LogP contribution is 1.88. The first-order chi connectivity index (χ1) is 6.26. The summed E-state index contributed by atoms with van der Waals surface area (Å²) in [4.78, 5) is 12.7. The van der Waals surface area contributed by atoms with Crippen LogP contribution in [-0.2, 0) is 0 Å². The van der Waals surface area contributed by atoms with Crippen LogP contribution in [0.4, 0.5) is 4.79 Å². The number of rotatable bonds is 6. The summed E-state index contributed by atoms with van der Waals surface area (Å²) in [5.41, 5.74) is 0. The van der Waals surface area contributed by atoms with E-state index in [9.17, 15) is 4.79 Å². The molecule has 13 heavy (non-hydrogen) atoms. The van der Waals surface area contributed by atoms with Gasteiger partial charge in [0.15, 0.2) is 0 Å². The molecule has 0 spiro atoms. The molecular weight excluding hydrogens is 172 g/mol. The third kappa shape index (κ3) is 5.43. The molecule has 0 fully saturated rings. The third-order valence-electron chi connectivity index (χ3n) is 1.55. The lowest BCUT2D eigenvalue weighted by Gasteiger charge is -2.20. The molecule has 0 rings (SSSR count). The molecule has 5 nitrogen and oxygen atoms in total. The van der Waals surface area contributed by atoms with E-state index >= 15 is 0 Å². The minimum Gasteiger partial charge on any atom is -0.395 e.